The first-order valence-electron chi connectivity index (χ1n) is 8.25. The average Bonchev–Trinajstić information content (AvgIpc) is 2.62. The van der Waals surface area contributed by atoms with Gasteiger partial charge in [0.05, 0.1) is 13.2 Å². The smallest absolute Gasteiger partial charge is 0.282 e. The fraction of sp³-hybridized carbons (Fsp3) is 0.625. The van der Waals surface area contributed by atoms with E-state index in [2.05, 4.69) is 5.32 Å². The molecular formula is C16H25N3O3S. The molecule has 2 fully saturated rings. The van der Waals surface area contributed by atoms with E-state index in [1.165, 1.54) is 0 Å². The average molecular weight is 339 g/mol. The Labute approximate surface area is 138 Å². The van der Waals surface area contributed by atoms with E-state index in [9.17, 15) is 8.42 Å². The standard InChI is InChI=1S/C16H25N3O3S/c1-22-16-8-4-3-7-14(16)15-13-17-9-12-19(15)23(20,21)18-10-5-2-6-11-18/h3-4,7-8,15,17H,2,5-6,9-13H2,1H3. The lowest BCUT2D eigenvalue weighted by Gasteiger charge is -2.39. The number of ether oxygens (including phenoxy) is 1. The van der Waals surface area contributed by atoms with Crippen LogP contribution in [0.4, 0.5) is 0 Å². The summed E-state index contributed by atoms with van der Waals surface area (Å²) in [7, 11) is -1.81. The Morgan fingerprint density at radius 3 is 2.61 bits per heavy atom. The van der Waals surface area contributed by atoms with Crippen molar-refractivity contribution >= 4 is 10.2 Å². The van der Waals surface area contributed by atoms with E-state index in [0.717, 1.165) is 30.6 Å². The molecule has 1 aromatic rings. The van der Waals surface area contributed by atoms with Crippen molar-refractivity contribution in [3.8, 4) is 5.75 Å². The molecule has 0 saturated carbocycles. The molecule has 0 bridgehead atoms. The summed E-state index contributed by atoms with van der Waals surface area (Å²) in [5.41, 5.74) is 0.919. The number of para-hydroxylation sites is 1. The molecule has 0 aliphatic carbocycles. The minimum Gasteiger partial charge on any atom is -0.496 e. The highest BCUT2D eigenvalue weighted by atomic mass is 32.2. The van der Waals surface area contributed by atoms with Gasteiger partial charge in [-0.1, -0.05) is 24.6 Å². The van der Waals surface area contributed by atoms with Gasteiger partial charge in [-0.15, -0.1) is 0 Å². The molecule has 2 aliphatic heterocycles. The summed E-state index contributed by atoms with van der Waals surface area (Å²) in [6, 6.07) is 7.44. The summed E-state index contributed by atoms with van der Waals surface area (Å²) < 4.78 is 34.9. The van der Waals surface area contributed by atoms with E-state index in [-0.39, 0.29) is 6.04 Å². The van der Waals surface area contributed by atoms with Crippen molar-refractivity contribution in [1.29, 1.82) is 0 Å². The number of methoxy groups -OCH3 is 1. The fourth-order valence-electron chi connectivity index (χ4n) is 3.41. The molecule has 128 valence electrons. The molecular weight excluding hydrogens is 314 g/mol. The first kappa shape index (κ1) is 16.7. The van der Waals surface area contributed by atoms with Crippen molar-refractivity contribution in [3.63, 3.8) is 0 Å². The van der Waals surface area contributed by atoms with Crippen LogP contribution in [0.25, 0.3) is 0 Å². The molecule has 0 radical (unpaired) electrons. The van der Waals surface area contributed by atoms with Crippen LogP contribution in [0.3, 0.4) is 0 Å². The molecule has 1 unspecified atom stereocenters. The second-order valence-electron chi connectivity index (χ2n) is 6.04. The van der Waals surface area contributed by atoms with E-state index in [1.54, 1.807) is 15.7 Å². The SMILES string of the molecule is COc1ccccc1C1CNCCN1S(=O)(=O)N1CCCCC1. The Bertz CT molecular complexity index is 629. The second-order valence-corrected chi connectivity index (χ2v) is 7.92. The van der Waals surface area contributed by atoms with Gasteiger partial charge in [0.2, 0.25) is 0 Å². The number of nitrogens with one attached hydrogen (secondary N) is 1. The first-order valence-corrected chi connectivity index (χ1v) is 9.65. The summed E-state index contributed by atoms with van der Waals surface area (Å²) in [6.45, 7) is 3.03. The Kier molecular flexibility index (Phi) is 5.21. The summed E-state index contributed by atoms with van der Waals surface area (Å²) in [4.78, 5) is 0. The van der Waals surface area contributed by atoms with Crippen LogP contribution in [0.5, 0.6) is 5.75 Å². The number of nitrogens with zero attached hydrogens (tertiary/aromatic N) is 2. The number of benzene rings is 1. The van der Waals surface area contributed by atoms with Crippen LogP contribution in [0.1, 0.15) is 30.9 Å². The lowest BCUT2D eigenvalue weighted by molar-refractivity contribution is 0.233. The van der Waals surface area contributed by atoms with Crippen molar-refractivity contribution in [2.75, 3.05) is 39.8 Å². The van der Waals surface area contributed by atoms with E-state index in [1.807, 2.05) is 24.3 Å². The van der Waals surface area contributed by atoms with Crippen molar-refractivity contribution < 1.29 is 13.2 Å². The van der Waals surface area contributed by atoms with E-state index >= 15 is 0 Å². The Morgan fingerprint density at radius 2 is 1.87 bits per heavy atom. The molecule has 1 N–H and O–H groups in total. The maximum absolute atomic E-state index is 13.1. The minimum absolute atomic E-state index is 0.230. The number of rotatable bonds is 4. The zero-order valence-corrected chi connectivity index (χ0v) is 14.4. The maximum atomic E-state index is 13.1. The van der Waals surface area contributed by atoms with Gasteiger partial charge in [0.1, 0.15) is 5.75 Å². The van der Waals surface area contributed by atoms with Crippen molar-refractivity contribution in [3.05, 3.63) is 29.8 Å². The molecule has 2 aliphatic rings. The molecule has 7 heteroatoms. The van der Waals surface area contributed by atoms with Gasteiger partial charge >= 0.3 is 0 Å². The van der Waals surface area contributed by atoms with Crippen LogP contribution < -0.4 is 10.1 Å². The van der Waals surface area contributed by atoms with Crippen LogP contribution in [-0.2, 0) is 10.2 Å². The zero-order valence-electron chi connectivity index (χ0n) is 13.6. The topological polar surface area (TPSA) is 61.9 Å². The van der Waals surface area contributed by atoms with Gasteiger partial charge in [0.25, 0.3) is 10.2 Å². The third kappa shape index (κ3) is 3.38. The Hall–Kier alpha value is -1.15. The molecule has 2 heterocycles. The van der Waals surface area contributed by atoms with Gasteiger partial charge < -0.3 is 10.1 Å². The van der Waals surface area contributed by atoms with Crippen LogP contribution in [0.15, 0.2) is 24.3 Å². The largest absolute Gasteiger partial charge is 0.496 e. The molecule has 1 aromatic carbocycles. The second kappa shape index (κ2) is 7.17. The van der Waals surface area contributed by atoms with Gasteiger partial charge in [0, 0.05) is 38.3 Å². The number of piperazine rings is 1. The van der Waals surface area contributed by atoms with Gasteiger partial charge in [0.15, 0.2) is 0 Å². The number of hydrogen-bond donors (Lipinski definition) is 1. The van der Waals surface area contributed by atoms with Gasteiger partial charge in [-0.3, -0.25) is 0 Å². The number of hydrogen-bond acceptors (Lipinski definition) is 4. The third-order valence-electron chi connectivity index (χ3n) is 4.63. The van der Waals surface area contributed by atoms with Crippen LogP contribution in [-0.4, -0.2) is 56.9 Å². The molecule has 2 saturated heterocycles. The maximum Gasteiger partial charge on any atom is 0.282 e. The van der Waals surface area contributed by atoms with E-state index in [0.29, 0.717) is 32.7 Å². The highest BCUT2D eigenvalue weighted by molar-refractivity contribution is 7.86. The predicted molar refractivity (Wildman–Crippen MR) is 89.7 cm³/mol. The number of piperidine rings is 1. The quantitative estimate of drug-likeness (QED) is 0.900. The highest BCUT2D eigenvalue weighted by Crippen LogP contribution is 2.33. The molecule has 23 heavy (non-hydrogen) atoms. The molecule has 0 aromatic heterocycles. The van der Waals surface area contributed by atoms with Gasteiger partial charge in [-0.05, 0) is 18.9 Å². The molecule has 1 atom stereocenters. The van der Waals surface area contributed by atoms with Gasteiger partial charge in [-0.25, -0.2) is 0 Å². The lowest BCUT2D eigenvalue weighted by atomic mass is 10.0. The zero-order chi connectivity index (χ0) is 16.3. The minimum atomic E-state index is -3.44. The Balaban J connectivity index is 1.92. The van der Waals surface area contributed by atoms with Crippen LogP contribution in [0.2, 0.25) is 0 Å². The molecule has 3 rings (SSSR count). The Morgan fingerprint density at radius 1 is 1.13 bits per heavy atom. The first-order chi connectivity index (χ1) is 11.1. The van der Waals surface area contributed by atoms with Crippen molar-refractivity contribution in [2.45, 2.75) is 25.3 Å². The normalized spacial score (nSPS) is 24.5. The molecule has 6 nitrogen and oxygen atoms in total. The molecule has 0 spiro atoms. The fourth-order valence-corrected chi connectivity index (χ4v) is 5.26. The highest BCUT2D eigenvalue weighted by Gasteiger charge is 2.38. The van der Waals surface area contributed by atoms with Gasteiger partial charge in [-0.2, -0.15) is 17.0 Å². The van der Waals surface area contributed by atoms with E-state index in [4.69, 9.17) is 4.74 Å². The lowest BCUT2D eigenvalue weighted by Crippen LogP contribution is -2.54. The van der Waals surface area contributed by atoms with Crippen LogP contribution >= 0.6 is 0 Å². The predicted octanol–water partition coefficient (Wildman–Crippen LogP) is 1.37. The van der Waals surface area contributed by atoms with Crippen LogP contribution in [0, 0.1) is 0 Å². The molecule has 0 amide bonds. The summed E-state index contributed by atoms with van der Waals surface area (Å²) in [5, 5.41) is 3.31. The summed E-state index contributed by atoms with van der Waals surface area (Å²) in [6.07, 6.45) is 3.01. The van der Waals surface area contributed by atoms with Crippen molar-refractivity contribution in [1.82, 2.24) is 13.9 Å². The summed E-state index contributed by atoms with van der Waals surface area (Å²) in [5.74, 6) is 0.736. The van der Waals surface area contributed by atoms with Crippen molar-refractivity contribution in [2.24, 2.45) is 0 Å². The van der Waals surface area contributed by atoms with E-state index < -0.39 is 10.2 Å². The monoisotopic (exact) mass is 339 g/mol. The third-order valence-corrected chi connectivity index (χ3v) is 6.68. The summed E-state index contributed by atoms with van der Waals surface area (Å²) >= 11 is 0.